The van der Waals surface area contributed by atoms with Crippen LogP contribution in [0.5, 0.6) is 0 Å². The number of nitrogens with one attached hydrogen (secondary N) is 2. The second kappa shape index (κ2) is 16.0. The highest BCUT2D eigenvalue weighted by Crippen LogP contribution is 2.27. The molecule has 1 fully saturated rings. The number of carbonyl (C=O) groups is 1. The number of amides is 1. The molecule has 0 saturated heterocycles. The molecule has 194 valence electrons. The van der Waals surface area contributed by atoms with E-state index in [0.717, 1.165) is 35.6 Å². The minimum absolute atomic E-state index is 0.303. The number of benzene rings is 1. The Labute approximate surface area is 220 Å². The summed E-state index contributed by atoms with van der Waals surface area (Å²) < 4.78 is 5.64. The van der Waals surface area contributed by atoms with Crippen LogP contribution in [0, 0.1) is 11.3 Å². The summed E-state index contributed by atoms with van der Waals surface area (Å²) in [6.45, 7) is 8.56. The molecular weight excluding hydrogens is 472 g/mol. The van der Waals surface area contributed by atoms with Gasteiger partial charge in [0, 0.05) is 40.4 Å². The van der Waals surface area contributed by atoms with E-state index < -0.39 is 6.04 Å². The molecule has 2 aromatic rings. The fourth-order valence-electron chi connectivity index (χ4n) is 4.07. The molecule has 1 aromatic heterocycles. The molecule has 6 nitrogen and oxygen atoms in total. The van der Waals surface area contributed by atoms with Crippen LogP contribution < -0.4 is 10.6 Å². The topological polar surface area (TPSA) is 91.0 Å². The van der Waals surface area contributed by atoms with Crippen molar-refractivity contribution in [2.45, 2.75) is 84.7 Å². The summed E-state index contributed by atoms with van der Waals surface area (Å²) in [4.78, 5) is 12.4. The number of nitrogens with zero attached hydrogens (tertiary/aromatic N) is 2. The molecule has 0 aliphatic heterocycles. The van der Waals surface area contributed by atoms with Crippen molar-refractivity contribution in [3.8, 4) is 17.3 Å². The van der Waals surface area contributed by atoms with Crippen LogP contribution in [-0.2, 0) is 0 Å². The highest BCUT2D eigenvalue weighted by Gasteiger charge is 2.15. The second-order valence-electron chi connectivity index (χ2n) is 8.68. The van der Waals surface area contributed by atoms with Gasteiger partial charge in [-0.3, -0.25) is 4.79 Å². The number of halogens is 1. The quantitative estimate of drug-likeness (QED) is 0.329. The molecule has 0 radical (unpaired) electrons. The molecular formula is C29H39ClN4O2. The molecule has 1 amide bonds. The van der Waals surface area contributed by atoms with Gasteiger partial charge in [-0.05, 0) is 50.8 Å². The van der Waals surface area contributed by atoms with Crippen LogP contribution in [0.15, 0.2) is 52.0 Å². The van der Waals surface area contributed by atoms with Gasteiger partial charge in [-0.15, -0.1) is 0 Å². The van der Waals surface area contributed by atoms with Gasteiger partial charge in [-0.2, -0.15) is 5.26 Å². The summed E-state index contributed by atoms with van der Waals surface area (Å²) in [5.41, 5.74) is 2.74. The van der Waals surface area contributed by atoms with Crippen LogP contribution in [-0.4, -0.2) is 29.7 Å². The first kappa shape index (κ1) is 29.4. The van der Waals surface area contributed by atoms with E-state index in [0.29, 0.717) is 23.1 Å². The van der Waals surface area contributed by atoms with E-state index in [9.17, 15) is 4.79 Å². The maximum absolute atomic E-state index is 12.4. The average molecular weight is 511 g/mol. The van der Waals surface area contributed by atoms with E-state index >= 15 is 0 Å². The molecule has 3 rings (SSSR count). The molecule has 7 heteroatoms. The second-order valence-corrected chi connectivity index (χ2v) is 9.16. The Kier molecular flexibility index (Phi) is 13.0. The lowest BCUT2D eigenvalue weighted by molar-refractivity contribution is 0.0948. The lowest BCUT2D eigenvalue weighted by atomic mass is 9.95. The molecule has 1 saturated carbocycles. The third-order valence-electron chi connectivity index (χ3n) is 5.89. The molecule has 1 aromatic carbocycles. The smallest absolute Gasteiger partial charge is 0.252 e. The SMILES string of the molecule is CC.CC/C=C(\C=C(\Cl)CCNC1CCCCC1)c1cc(-c2cccc(C(=O)NC(C)C#N)c2)no1. The Morgan fingerprint density at radius 2 is 2.03 bits per heavy atom. The maximum atomic E-state index is 12.4. The van der Waals surface area contributed by atoms with E-state index in [1.54, 1.807) is 25.1 Å². The summed E-state index contributed by atoms with van der Waals surface area (Å²) in [6.07, 6.45) is 12.1. The van der Waals surface area contributed by atoms with Crippen molar-refractivity contribution in [1.82, 2.24) is 15.8 Å². The van der Waals surface area contributed by atoms with Gasteiger partial charge in [0.05, 0.1) is 6.07 Å². The van der Waals surface area contributed by atoms with Crippen LogP contribution >= 0.6 is 11.6 Å². The van der Waals surface area contributed by atoms with Gasteiger partial charge in [-0.25, -0.2) is 0 Å². The van der Waals surface area contributed by atoms with Crippen molar-refractivity contribution in [1.29, 1.82) is 5.26 Å². The number of allylic oxidation sites excluding steroid dienone is 3. The number of rotatable bonds is 10. The third-order valence-corrected chi connectivity index (χ3v) is 6.19. The van der Waals surface area contributed by atoms with E-state index in [-0.39, 0.29) is 5.91 Å². The number of aromatic nitrogens is 1. The molecule has 2 N–H and O–H groups in total. The molecule has 1 atom stereocenters. The molecule has 1 aliphatic rings. The minimum Gasteiger partial charge on any atom is -0.356 e. The first-order valence-corrected chi connectivity index (χ1v) is 13.5. The van der Waals surface area contributed by atoms with Crippen LogP contribution in [0.1, 0.15) is 88.8 Å². The number of nitriles is 1. The van der Waals surface area contributed by atoms with Crippen molar-refractivity contribution < 1.29 is 9.32 Å². The first-order valence-electron chi connectivity index (χ1n) is 13.1. The van der Waals surface area contributed by atoms with Crippen molar-refractivity contribution in [3.05, 3.63) is 58.8 Å². The molecule has 0 spiro atoms. The summed E-state index contributed by atoms with van der Waals surface area (Å²) >= 11 is 6.56. The zero-order chi connectivity index (χ0) is 26.3. The van der Waals surface area contributed by atoms with Crippen LogP contribution in [0.4, 0.5) is 0 Å². The Balaban J connectivity index is 0.00000222. The maximum Gasteiger partial charge on any atom is 0.252 e. The van der Waals surface area contributed by atoms with Crippen molar-refractivity contribution >= 4 is 23.1 Å². The normalized spacial score (nSPS) is 15.4. The van der Waals surface area contributed by atoms with Gasteiger partial charge in [-0.1, -0.05) is 75.0 Å². The van der Waals surface area contributed by atoms with Gasteiger partial charge >= 0.3 is 0 Å². The predicted molar refractivity (Wildman–Crippen MR) is 148 cm³/mol. The van der Waals surface area contributed by atoms with Gasteiger partial charge in [0.25, 0.3) is 5.91 Å². The van der Waals surface area contributed by atoms with Crippen LogP contribution in [0.25, 0.3) is 16.8 Å². The molecule has 1 heterocycles. The van der Waals surface area contributed by atoms with Crippen molar-refractivity contribution in [2.24, 2.45) is 0 Å². The largest absolute Gasteiger partial charge is 0.356 e. The predicted octanol–water partition coefficient (Wildman–Crippen LogP) is 7.24. The molecule has 1 unspecified atom stereocenters. The third kappa shape index (κ3) is 9.29. The molecule has 1 aliphatic carbocycles. The zero-order valence-corrected chi connectivity index (χ0v) is 22.7. The highest BCUT2D eigenvalue weighted by atomic mass is 35.5. The standard InChI is InChI=1S/C27H33ClN4O2.C2H6/c1-3-8-21(16-23(28)13-14-30-24-11-5-4-6-12-24)26-17-25(32-34-26)20-9-7-10-22(15-20)27(33)31-19(2)18-29;1-2/h7-10,15-17,19,24,30H,3-6,11-14H2,1-2H3,(H,31,33);1-2H3/b21-8+,23-16+;. The Bertz CT molecular complexity index is 1060. The monoisotopic (exact) mass is 510 g/mol. The zero-order valence-electron chi connectivity index (χ0n) is 21.9. The lowest BCUT2D eigenvalue weighted by Crippen LogP contribution is -2.31. The van der Waals surface area contributed by atoms with E-state index in [2.05, 4.69) is 28.8 Å². The summed E-state index contributed by atoms with van der Waals surface area (Å²) in [6, 6.07) is 11.0. The minimum atomic E-state index is -0.564. The molecule has 0 bridgehead atoms. The average Bonchev–Trinajstić information content (AvgIpc) is 3.41. The highest BCUT2D eigenvalue weighted by molar-refractivity contribution is 6.30. The van der Waals surface area contributed by atoms with E-state index in [1.807, 2.05) is 38.1 Å². The van der Waals surface area contributed by atoms with Gasteiger partial charge in [0.15, 0.2) is 5.76 Å². The van der Waals surface area contributed by atoms with Gasteiger partial charge in [0.1, 0.15) is 11.7 Å². The number of carbonyl (C=O) groups excluding carboxylic acids is 1. The van der Waals surface area contributed by atoms with E-state index in [4.69, 9.17) is 21.4 Å². The Morgan fingerprint density at radius 1 is 1.28 bits per heavy atom. The number of hydrogen-bond donors (Lipinski definition) is 2. The van der Waals surface area contributed by atoms with Crippen LogP contribution in [0.2, 0.25) is 0 Å². The van der Waals surface area contributed by atoms with Gasteiger partial charge < -0.3 is 15.2 Å². The fourth-order valence-corrected chi connectivity index (χ4v) is 4.29. The van der Waals surface area contributed by atoms with E-state index in [1.165, 1.54) is 32.1 Å². The summed E-state index contributed by atoms with van der Waals surface area (Å²) in [7, 11) is 0. The van der Waals surface area contributed by atoms with Gasteiger partial charge in [0.2, 0.25) is 0 Å². The Morgan fingerprint density at radius 3 is 2.72 bits per heavy atom. The van der Waals surface area contributed by atoms with Crippen molar-refractivity contribution in [3.63, 3.8) is 0 Å². The Hall–Kier alpha value is -2.88. The lowest BCUT2D eigenvalue weighted by Gasteiger charge is -2.22. The van der Waals surface area contributed by atoms with Crippen molar-refractivity contribution in [2.75, 3.05) is 6.54 Å². The molecule has 36 heavy (non-hydrogen) atoms. The first-order chi connectivity index (χ1) is 17.5. The summed E-state index contributed by atoms with van der Waals surface area (Å²) in [5, 5.41) is 20.2. The fraction of sp³-hybridized carbons (Fsp3) is 0.483. The number of hydrogen-bond acceptors (Lipinski definition) is 5. The van der Waals surface area contributed by atoms with Crippen LogP contribution in [0.3, 0.4) is 0 Å². The summed E-state index contributed by atoms with van der Waals surface area (Å²) in [5.74, 6) is 0.325.